The van der Waals surface area contributed by atoms with Gasteiger partial charge < -0.3 is 19.9 Å². The van der Waals surface area contributed by atoms with Gasteiger partial charge in [0.05, 0.1) is 31.9 Å². The second-order valence-electron chi connectivity index (χ2n) is 4.55. The molecule has 1 fully saturated rings. The number of hydrogen-bond donors (Lipinski definition) is 1. The molecule has 2 N–H and O–H groups in total. The Morgan fingerprint density at radius 2 is 2.26 bits per heavy atom. The van der Waals surface area contributed by atoms with Crippen LogP contribution in [0, 0.1) is 5.92 Å². The lowest BCUT2D eigenvalue weighted by atomic mass is 10.1. The van der Waals surface area contributed by atoms with Crippen LogP contribution in [0.2, 0.25) is 0 Å². The molecule has 2 rings (SSSR count). The quantitative estimate of drug-likeness (QED) is 0.625. The van der Waals surface area contributed by atoms with Crippen molar-refractivity contribution in [2.45, 2.75) is 12.8 Å². The number of para-hydroxylation sites is 2. The maximum atomic E-state index is 11.5. The molecule has 5 nitrogen and oxygen atoms in total. The predicted molar refractivity (Wildman–Crippen MR) is 70.9 cm³/mol. The van der Waals surface area contributed by atoms with Gasteiger partial charge in [0.25, 0.3) is 0 Å². The summed E-state index contributed by atoms with van der Waals surface area (Å²) in [4.78, 5) is 11.5. The molecule has 1 aromatic rings. The van der Waals surface area contributed by atoms with Gasteiger partial charge in [-0.05, 0) is 18.6 Å². The maximum Gasteiger partial charge on any atom is 0.309 e. The van der Waals surface area contributed by atoms with Gasteiger partial charge in [0.2, 0.25) is 0 Å². The number of nitrogens with two attached hydrogens (primary N) is 1. The SMILES string of the molecule is Nc1ccccc1OCCC(=O)OCC1CCOC1. The van der Waals surface area contributed by atoms with Crippen molar-refractivity contribution in [2.24, 2.45) is 5.92 Å². The molecular formula is C14H19NO4. The Morgan fingerprint density at radius 1 is 1.42 bits per heavy atom. The summed E-state index contributed by atoms with van der Waals surface area (Å²) < 4.78 is 15.8. The summed E-state index contributed by atoms with van der Waals surface area (Å²) in [7, 11) is 0. The zero-order chi connectivity index (χ0) is 13.5. The van der Waals surface area contributed by atoms with Crippen LogP contribution in [-0.4, -0.2) is 32.4 Å². The summed E-state index contributed by atoms with van der Waals surface area (Å²) in [5, 5.41) is 0. The Morgan fingerprint density at radius 3 is 3.00 bits per heavy atom. The monoisotopic (exact) mass is 265 g/mol. The molecule has 1 aliphatic rings. The average molecular weight is 265 g/mol. The van der Waals surface area contributed by atoms with Crippen LogP contribution in [0.1, 0.15) is 12.8 Å². The Labute approximate surface area is 112 Å². The number of esters is 1. The summed E-state index contributed by atoms with van der Waals surface area (Å²) in [6.07, 6.45) is 1.19. The number of ether oxygens (including phenoxy) is 3. The van der Waals surface area contributed by atoms with E-state index in [1.165, 1.54) is 0 Å². The molecule has 0 aromatic heterocycles. The van der Waals surface area contributed by atoms with Gasteiger partial charge in [-0.2, -0.15) is 0 Å². The summed E-state index contributed by atoms with van der Waals surface area (Å²) in [5.41, 5.74) is 6.29. The normalized spacial score (nSPS) is 18.2. The van der Waals surface area contributed by atoms with Crippen LogP contribution in [-0.2, 0) is 14.3 Å². The Balaban J connectivity index is 1.62. The number of benzene rings is 1. The molecule has 0 bridgehead atoms. The zero-order valence-corrected chi connectivity index (χ0v) is 10.8. The van der Waals surface area contributed by atoms with Crippen LogP contribution >= 0.6 is 0 Å². The van der Waals surface area contributed by atoms with Gasteiger partial charge in [-0.3, -0.25) is 4.79 Å². The van der Waals surface area contributed by atoms with Crippen molar-refractivity contribution in [1.82, 2.24) is 0 Å². The summed E-state index contributed by atoms with van der Waals surface area (Å²) in [6.45, 7) is 2.16. The van der Waals surface area contributed by atoms with Gasteiger partial charge in [-0.25, -0.2) is 0 Å². The zero-order valence-electron chi connectivity index (χ0n) is 10.8. The third-order valence-electron chi connectivity index (χ3n) is 2.99. The third kappa shape index (κ3) is 4.44. The average Bonchev–Trinajstić information content (AvgIpc) is 2.92. The van der Waals surface area contributed by atoms with Crippen LogP contribution in [0.15, 0.2) is 24.3 Å². The predicted octanol–water partition coefficient (Wildman–Crippen LogP) is 1.62. The molecular weight excluding hydrogens is 246 g/mol. The van der Waals surface area contributed by atoms with Crippen molar-refractivity contribution in [3.8, 4) is 5.75 Å². The first kappa shape index (κ1) is 13.7. The molecule has 1 saturated heterocycles. The highest BCUT2D eigenvalue weighted by Crippen LogP contribution is 2.19. The molecule has 1 aromatic carbocycles. The topological polar surface area (TPSA) is 70.8 Å². The van der Waals surface area contributed by atoms with Crippen LogP contribution in [0.5, 0.6) is 5.75 Å². The van der Waals surface area contributed by atoms with E-state index in [0.29, 0.717) is 30.6 Å². The summed E-state index contributed by atoms with van der Waals surface area (Å²) in [5.74, 6) is 0.690. The van der Waals surface area contributed by atoms with E-state index in [2.05, 4.69) is 0 Å². The molecule has 1 heterocycles. The number of carbonyl (C=O) groups excluding carboxylic acids is 1. The fourth-order valence-electron chi connectivity index (χ4n) is 1.85. The van der Waals surface area contributed by atoms with Crippen molar-refractivity contribution in [3.63, 3.8) is 0 Å². The highest BCUT2D eigenvalue weighted by Gasteiger charge is 2.17. The van der Waals surface area contributed by atoms with Crippen molar-refractivity contribution < 1.29 is 19.0 Å². The molecule has 0 aliphatic carbocycles. The van der Waals surface area contributed by atoms with E-state index >= 15 is 0 Å². The van der Waals surface area contributed by atoms with Crippen molar-refractivity contribution in [3.05, 3.63) is 24.3 Å². The van der Waals surface area contributed by atoms with Crippen LogP contribution in [0.25, 0.3) is 0 Å². The van der Waals surface area contributed by atoms with Crippen molar-refractivity contribution >= 4 is 11.7 Å². The Kier molecular flexibility index (Phi) is 5.03. The molecule has 1 aliphatic heterocycles. The number of hydrogen-bond acceptors (Lipinski definition) is 5. The third-order valence-corrected chi connectivity index (χ3v) is 2.99. The summed E-state index contributed by atoms with van der Waals surface area (Å²) in [6, 6.07) is 7.20. The number of nitrogen functional groups attached to an aromatic ring is 1. The second-order valence-corrected chi connectivity index (χ2v) is 4.55. The lowest BCUT2D eigenvalue weighted by Gasteiger charge is -2.10. The van der Waals surface area contributed by atoms with E-state index in [-0.39, 0.29) is 19.0 Å². The van der Waals surface area contributed by atoms with E-state index in [9.17, 15) is 4.79 Å². The van der Waals surface area contributed by atoms with E-state index in [4.69, 9.17) is 19.9 Å². The van der Waals surface area contributed by atoms with E-state index < -0.39 is 0 Å². The first-order chi connectivity index (χ1) is 9.25. The van der Waals surface area contributed by atoms with Crippen molar-refractivity contribution in [1.29, 1.82) is 0 Å². The maximum absolute atomic E-state index is 11.5. The van der Waals surface area contributed by atoms with Crippen LogP contribution < -0.4 is 10.5 Å². The lowest BCUT2D eigenvalue weighted by molar-refractivity contribution is -0.145. The lowest BCUT2D eigenvalue weighted by Crippen LogP contribution is -2.16. The Hall–Kier alpha value is -1.75. The van der Waals surface area contributed by atoms with E-state index in [1.807, 2.05) is 12.1 Å². The minimum Gasteiger partial charge on any atom is -0.491 e. The van der Waals surface area contributed by atoms with Crippen molar-refractivity contribution in [2.75, 3.05) is 32.2 Å². The van der Waals surface area contributed by atoms with Gasteiger partial charge in [-0.15, -0.1) is 0 Å². The fourth-order valence-corrected chi connectivity index (χ4v) is 1.85. The van der Waals surface area contributed by atoms with Gasteiger partial charge in [0.15, 0.2) is 0 Å². The van der Waals surface area contributed by atoms with Gasteiger partial charge >= 0.3 is 5.97 Å². The molecule has 1 atom stereocenters. The molecule has 5 heteroatoms. The molecule has 1 unspecified atom stereocenters. The molecule has 0 saturated carbocycles. The number of carbonyl (C=O) groups is 1. The fraction of sp³-hybridized carbons (Fsp3) is 0.500. The highest BCUT2D eigenvalue weighted by molar-refractivity contribution is 5.69. The van der Waals surface area contributed by atoms with Crippen LogP contribution in [0.3, 0.4) is 0 Å². The molecule has 104 valence electrons. The number of rotatable bonds is 6. The number of anilines is 1. The molecule has 0 amide bonds. The van der Waals surface area contributed by atoms with Gasteiger partial charge in [0, 0.05) is 12.5 Å². The first-order valence-electron chi connectivity index (χ1n) is 6.46. The highest BCUT2D eigenvalue weighted by atomic mass is 16.5. The van der Waals surface area contributed by atoms with E-state index in [1.54, 1.807) is 12.1 Å². The molecule has 0 spiro atoms. The molecule has 0 radical (unpaired) electrons. The van der Waals surface area contributed by atoms with E-state index in [0.717, 1.165) is 13.0 Å². The Bertz CT molecular complexity index is 416. The first-order valence-corrected chi connectivity index (χ1v) is 6.46. The van der Waals surface area contributed by atoms with Gasteiger partial charge in [-0.1, -0.05) is 12.1 Å². The molecule has 19 heavy (non-hydrogen) atoms. The minimum absolute atomic E-state index is 0.224. The minimum atomic E-state index is -0.249. The van der Waals surface area contributed by atoms with Crippen LogP contribution in [0.4, 0.5) is 5.69 Å². The second kappa shape index (κ2) is 6.99. The van der Waals surface area contributed by atoms with Gasteiger partial charge in [0.1, 0.15) is 5.75 Å². The summed E-state index contributed by atoms with van der Waals surface area (Å²) >= 11 is 0. The smallest absolute Gasteiger partial charge is 0.309 e. The standard InChI is InChI=1S/C14H19NO4/c15-12-3-1-2-4-13(12)18-8-6-14(16)19-10-11-5-7-17-9-11/h1-4,11H,5-10,15H2. The largest absolute Gasteiger partial charge is 0.491 e.